The number of hydrogen-bond donors (Lipinski definition) is 1. The normalized spacial score (nSPS) is 18.3. The first kappa shape index (κ1) is 35.1. The van der Waals surface area contributed by atoms with Crippen molar-refractivity contribution < 1.29 is 46.5 Å². The van der Waals surface area contributed by atoms with E-state index in [1.807, 2.05) is 0 Å². The Kier molecular flexibility index (Phi) is 13.5. The summed E-state index contributed by atoms with van der Waals surface area (Å²) in [5.41, 5.74) is 4.28. The van der Waals surface area contributed by atoms with Crippen LogP contribution in [0.2, 0.25) is 10.5 Å². The Morgan fingerprint density at radius 3 is 1.90 bits per heavy atom. The first-order chi connectivity index (χ1) is 17.9. The number of carbonyl (C=O) groups excluding carboxylic acids is 1. The maximum absolute atomic E-state index is 13.8. The Bertz CT molecular complexity index is 1330. The Hall–Kier alpha value is -1.10. The first-order valence-corrected chi connectivity index (χ1v) is 19.6. The summed E-state index contributed by atoms with van der Waals surface area (Å²) in [6, 6.07) is 15.8. The van der Waals surface area contributed by atoms with Crippen molar-refractivity contribution in [1.29, 1.82) is 0 Å². The van der Waals surface area contributed by atoms with Crippen LogP contribution < -0.4 is 32.5 Å². The largest absolute Gasteiger partial charge is 1.00 e. The molecule has 3 aromatic rings. The monoisotopic (exact) mass is 633 g/mol. The van der Waals surface area contributed by atoms with Crippen LogP contribution in [0.1, 0.15) is 102 Å². The SMILES string of the molecule is CC1=CC(C)c2c1c1ccccc1c1ccc[c]([Ti+2]([CH3])([CH3])[NH]C(=O)C3CCCCCCCCCCC3)c21.[Cl-].[Cl-].[SiH4]. The number of carbonyl (C=O) groups is 1. The minimum absolute atomic E-state index is 0. The third-order valence-electron chi connectivity index (χ3n) is 9.02. The minimum atomic E-state index is -2.90. The van der Waals surface area contributed by atoms with Gasteiger partial charge in [-0.3, -0.25) is 0 Å². The molecule has 2 nitrogen and oxygen atoms in total. The van der Waals surface area contributed by atoms with Crippen molar-refractivity contribution in [2.24, 2.45) is 5.92 Å². The molecule has 0 aliphatic heterocycles. The van der Waals surface area contributed by atoms with Gasteiger partial charge >= 0.3 is 229 Å². The molecule has 1 unspecified atom stereocenters. The molecule has 0 spiro atoms. The molecule has 0 saturated heterocycles. The van der Waals surface area contributed by atoms with Crippen molar-refractivity contribution in [2.75, 3.05) is 0 Å². The van der Waals surface area contributed by atoms with Gasteiger partial charge in [0.25, 0.3) is 0 Å². The fourth-order valence-electron chi connectivity index (χ4n) is 7.12. The second-order valence-electron chi connectivity index (χ2n) is 12.3. The molecule has 0 bridgehead atoms. The molecule has 1 fully saturated rings. The van der Waals surface area contributed by atoms with E-state index in [2.05, 4.69) is 76.6 Å². The summed E-state index contributed by atoms with van der Waals surface area (Å²) in [7, 11) is 0. The molecule has 2 aliphatic carbocycles. The average Bonchev–Trinajstić information content (AvgIpc) is 3.17. The minimum Gasteiger partial charge on any atom is -1.00 e. The number of rotatable bonds is 3. The molecule has 0 radical (unpaired) electrons. The maximum atomic E-state index is 13.8. The number of nitrogens with one attached hydrogen (secondary N) is 1. The van der Waals surface area contributed by atoms with Gasteiger partial charge in [0.15, 0.2) is 0 Å². The Labute approximate surface area is 263 Å². The first-order valence-electron chi connectivity index (χ1n) is 14.9. The zero-order valence-corrected chi connectivity index (χ0v) is 27.3. The average molecular weight is 635 g/mol. The summed E-state index contributed by atoms with van der Waals surface area (Å²) in [6.07, 6.45) is 16.3. The van der Waals surface area contributed by atoms with Crippen LogP contribution in [-0.4, -0.2) is 16.9 Å². The van der Waals surface area contributed by atoms with E-state index < -0.39 is 16.8 Å². The van der Waals surface area contributed by atoms with Gasteiger partial charge in [0.1, 0.15) is 0 Å². The molecule has 1 N–H and O–H groups in total. The molecular formula is C34H49Cl2NOSiTi. The number of amides is 1. The van der Waals surface area contributed by atoms with Gasteiger partial charge in [-0.2, -0.15) is 0 Å². The summed E-state index contributed by atoms with van der Waals surface area (Å²) in [4.78, 5) is 13.8. The van der Waals surface area contributed by atoms with Crippen molar-refractivity contribution in [2.45, 2.75) is 101 Å². The second kappa shape index (κ2) is 15.4. The smallest absolute Gasteiger partial charge is 0.0149 e. The van der Waals surface area contributed by atoms with Crippen LogP contribution >= 0.6 is 0 Å². The van der Waals surface area contributed by atoms with Gasteiger partial charge in [-0.05, 0) is 11.0 Å². The molecule has 0 aromatic heterocycles. The number of hydrogen-bond acceptors (Lipinski definition) is 1. The molecule has 0 heterocycles. The van der Waals surface area contributed by atoms with Crippen molar-refractivity contribution in [1.82, 2.24) is 3.80 Å². The Balaban J connectivity index is 0.00000187. The van der Waals surface area contributed by atoms with Crippen LogP contribution in [0.15, 0.2) is 48.5 Å². The van der Waals surface area contributed by atoms with Crippen LogP contribution in [0.5, 0.6) is 0 Å². The molecule has 3 aromatic carbocycles. The molecule has 5 rings (SSSR count). The van der Waals surface area contributed by atoms with Crippen molar-refractivity contribution in [3.63, 3.8) is 0 Å². The number of halogens is 2. The molecule has 1 saturated carbocycles. The van der Waals surface area contributed by atoms with E-state index >= 15 is 0 Å². The summed E-state index contributed by atoms with van der Waals surface area (Å²) in [5.74, 6) is 0.899. The van der Waals surface area contributed by atoms with Crippen molar-refractivity contribution in [3.05, 3.63) is 59.7 Å². The number of allylic oxidation sites excluding steroid dienone is 2. The summed E-state index contributed by atoms with van der Waals surface area (Å²) in [5, 5.41) is 10.3. The van der Waals surface area contributed by atoms with Crippen LogP contribution in [-0.2, 0) is 21.6 Å². The van der Waals surface area contributed by atoms with E-state index in [9.17, 15) is 4.79 Å². The van der Waals surface area contributed by atoms with E-state index in [0.717, 1.165) is 12.8 Å². The van der Waals surface area contributed by atoms with Gasteiger partial charge in [0, 0.05) is 0 Å². The van der Waals surface area contributed by atoms with E-state index in [4.69, 9.17) is 0 Å². The molecule has 218 valence electrons. The predicted molar refractivity (Wildman–Crippen MR) is 169 cm³/mol. The third kappa shape index (κ3) is 7.27. The van der Waals surface area contributed by atoms with Crippen LogP contribution in [0.4, 0.5) is 0 Å². The van der Waals surface area contributed by atoms with Crippen LogP contribution in [0.25, 0.3) is 27.1 Å². The predicted octanol–water partition coefficient (Wildman–Crippen LogP) is 1.90. The van der Waals surface area contributed by atoms with Crippen LogP contribution in [0, 0.1) is 5.92 Å². The topological polar surface area (TPSA) is 29.1 Å². The van der Waals surface area contributed by atoms with Gasteiger partial charge < -0.3 is 24.8 Å². The summed E-state index contributed by atoms with van der Waals surface area (Å²) < 4.78 is 5.17. The van der Waals surface area contributed by atoms with Crippen molar-refractivity contribution >= 4 is 47.9 Å². The van der Waals surface area contributed by atoms with Gasteiger partial charge in [0.2, 0.25) is 0 Å². The van der Waals surface area contributed by atoms with Gasteiger partial charge in [-0.1, -0.05) is 0 Å². The van der Waals surface area contributed by atoms with Gasteiger partial charge in [0.05, 0.1) is 0 Å². The summed E-state index contributed by atoms with van der Waals surface area (Å²) in [6.45, 7) is 4.60. The van der Waals surface area contributed by atoms with E-state index in [0.29, 0.717) is 11.8 Å². The zero-order valence-electron chi connectivity index (χ0n) is 24.2. The van der Waals surface area contributed by atoms with Gasteiger partial charge in [-0.15, -0.1) is 0 Å². The standard InChI is InChI=1S/C19H15.C13H25NO.2CH3.2ClH.H4Si.Ti/c1-12-11-13(2)19-17-10-6-4-8-15(17)14-7-3-5-9-16(14)18(12)19;14-13(15)12-10-8-6-4-2-1-3-5-7-9-11-12;;;;;;/h3-9,11,13H,1-2H3;12H,1-11H2,(H2,14,15);2*1H3;2*1H;1H4;/q;;;;;;;+3/p-3. The number of fused-ring (bicyclic) bond motifs is 6. The Morgan fingerprint density at radius 1 is 0.775 bits per heavy atom. The molecule has 1 amide bonds. The Morgan fingerprint density at radius 2 is 1.30 bits per heavy atom. The van der Waals surface area contributed by atoms with E-state index in [1.165, 1.54) is 99.9 Å². The number of benzene rings is 3. The van der Waals surface area contributed by atoms with Crippen LogP contribution in [0.3, 0.4) is 0 Å². The summed E-state index contributed by atoms with van der Waals surface area (Å²) >= 11 is -2.90. The molecular weight excluding hydrogens is 585 g/mol. The zero-order chi connectivity index (χ0) is 26.0. The quantitative estimate of drug-likeness (QED) is 0.347. The van der Waals surface area contributed by atoms with Gasteiger partial charge in [-0.25, -0.2) is 0 Å². The van der Waals surface area contributed by atoms with E-state index in [-0.39, 0.29) is 41.7 Å². The molecule has 6 heteroatoms. The maximum Gasteiger partial charge on any atom is -0.0149 e. The fourth-order valence-corrected chi connectivity index (χ4v) is 10.8. The van der Waals surface area contributed by atoms with Crippen molar-refractivity contribution in [3.8, 4) is 0 Å². The second-order valence-corrected chi connectivity index (χ2v) is 18.6. The molecule has 2 aliphatic rings. The third-order valence-corrected chi connectivity index (χ3v) is 13.1. The fraction of sp³-hybridized carbons (Fsp3) is 0.500. The molecule has 40 heavy (non-hydrogen) atoms. The van der Waals surface area contributed by atoms with E-state index in [1.54, 1.807) is 0 Å². The molecule has 1 atom stereocenters.